The largest absolute Gasteiger partial charge is 0.352 e. The molecule has 1 rings (SSSR count). The van der Waals surface area contributed by atoms with E-state index in [4.69, 9.17) is 0 Å². The van der Waals surface area contributed by atoms with Gasteiger partial charge in [0.2, 0.25) is 5.95 Å². The summed E-state index contributed by atoms with van der Waals surface area (Å²) in [7, 11) is 0. The fourth-order valence-corrected chi connectivity index (χ4v) is 1.08. The molecule has 0 aliphatic heterocycles. The van der Waals surface area contributed by atoms with Crippen molar-refractivity contribution in [1.29, 1.82) is 0 Å². The van der Waals surface area contributed by atoms with Gasteiger partial charge in [0, 0.05) is 12.6 Å². The molecule has 0 aliphatic rings. The molecule has 0 fully saturated rings. The van der Waals surface area contributed by atoms with Gasteiger partial charge < -0.3 is 5.32 Å². The van der Waals surface area contributed by atoms with Crippen molar-refractivity contribution in [1.82, 2.24) is 14.8 Å². The van der Waals surface area contributed by atoms with E-state index in [0.717, 1.165) is 0 Å². The Hall–Kier alpha value is -1.39. The molecule has 0 bridgehead atoms. The van der Waals surface area contributed by atoms with E-state index in [0.29, 0.717) is 24.6 Å². The molecule has 0 atom stereocenters. The molecule has 0 saturated carbocycles. The van der Waals surface area contributed by atoms with Gasteiger partial charge in [0.15, 0.2) is 12.1 Å². The van der Waals surface area contributed by atoms with Gasteiger partial charge >= 0.3 is 0 Å². The molecule has 0 aromatic carbocycles. The number of carbonyl (C=O) groups is 1. The first-order valence-electron chi connectivity index (χ1n) is 4.34. The van der Waals surface area contributed by atoms with E-state index in [1.165, 1.54) is 0 Å². The molecular weight excluding hydrogens is 168 g/mol. The van der Waals surface area contributed by atoms with Gasteiger partial charge in [0.1, 0.15) is 0 Å². The van der Waals surface area contributed by atoms with Crippen LogP contribution in [0.2, 0.25) is 0 Å². The molecule has 0 unspecified atom stereocenters. The summed E-state index contributed by atoms with van der Waals surface area (Å²) in [6, 6.07) is 0.286. The molecule has 5 nitrogen and oxygen atoms in total. The lowest BCUT2D eigenvalue weighted by Crippen LogP contribution is -2.15. The van der Waals surface area contributed by atoms with Gasteiger partial charge in [-0.15, -0.1) is 10.2 Å². The molecule has 0 amide bonds. The number of nitrogens with zero attached hydrogens (tertiary/aromatic N) is 3. The fraction of sp³-hybridized carbons (Fsp3) is 0.625. The molecular formula is C8H14N4O. The predicted molar refractivity (Wildman–Crippen MR) is 49.8 cm³/mol. The van der Waals surface area contributed by atoms with Gasteiger partial charge in [0.25, 0.3) is 0 Å². The highest BCUT2D eigenvalue weighted by Crippen LogP contribution is 2.06. The summed E-state index contributed by atoms with van der Waals surface area (Å²) in [4.78, 5) is 10.5. The molecule has 1 aromatic heterocycles. The third kappa shape index (κ3) is 2.05. The van der Waals surface area contributed by atoms with Crippen LogP contribution in [0.5, 0.6) is 0 Å². The Kier molecular flexibility index (Phi) is 3.00. The summed E-state index contributed by atoms with van der Waals surface area (Å²) in [5.41, 5.74) is 0. The van der Waals surface area contributed by atoms with Crippen molar-refractivity contribution in [2.45, 2.75) is 33.4 Å². The molecule has 1 heterocycles. The molecule has 0 spiro atoms. The Morgan fingerprint density at radius 1 is 1.54 bits per heavy atom. The summed E-state index contributed by atoms with van der Waals surface area (Å²) >= 11 is 0. The minimum atomic E-state index is 0.286. The van der Waals surface area contributed by atoms with Gasteiger partial charge in [-0.05, 0) is 20.8 Å². The normalized spacial score (nSPS) is 10.5. The summed E-state index contributed by atoms with van der Waals surface area (Å²) in [5.74, 6) is 1.02. The molecule has 0 saturated heterocycles. The Bertz CT molecular complexity index is 292. The Labute approximate surface area is 77.2 Å². The van der Waals surface area contributed by atoms with Crippen molar-refractivity contribution < 1.29 is 4.79 Å². The van der Waals surface area contributed by atoms with E-state index in [2.05, 4.69) is 15.5 Å². The summed E-state index contributed by atoms with van der Waals surface area (Å²) < 4.78 is 1.74. The highest BCUT2D eigenvalue weighted by Gasteiger charge is 2.09. The second-order valence-corrected chi connectivity index (χ2v) is 3.04. The summed E-state index contributed by atoms with van der Waals surface area (Å²) in [6.45, 7) is 6.66. The van der Waals surface area contributed by atoms with E-state index < -0.39 is 0 Å². The highest BCUT2D eigenvalue weighted by molar-refractivity contribution is 5.69. The van der Waals surface area contributed by atoms with Crippen LogP contribution in [0.4, 0.5) is 5.95 Å². The van der Waals surface area contributed by atoms with Gasteiger partial charge in [-0.1, -0.05) is 0 Å². The molecule has 1 N–H and O–H groups in total. The standard InChI is InChI=1S/C8H14N4O/c1-4-12-7(5-13)10-11-8(12)9-6(2)3/h5-6H,4H2,1-3H3,(H,9,11). The van der Waals surface area contributed by atoms with Gasteiger partial charge in [-0.25, -0.2) is 0 Å². The van der Waals surface area contributed by atoms with E-state index in [1.807, 2.05) is 20.8 Å². The van der Waals surface area contributed by atoms with Crippen LogP contribution in [-0.4, -0.2) is 27.1 Å². The van der Waals surface area contributed by atoms with E-state index in [9.17, 15) is 4.79 Å². The lowest BCUT2D eigenvalue weighted by molar-refractivity contribution is 0.111. The van der Waals surface area contributed by atoms with Gasteiger partial charge in [0.05, 0.1) is 0 Å². The van der Waals surface area contributed by atoms with E-state index in [1.54, 1.807) is 4.57 Å². The Morgan fingerprint density at radius 3 is 2.69 bits per heavy atom. The van der Waals surface area contributed by atoms with E-state index in [-0.39, 0.29) is 6.04 Å². The van der Waals surface area contributed by atoms with Crippen LogP contribution in [0.1, 0.15) is 31.4 Å². The van der Waals surface area contributed by atoms with Crippen molar-refractivity contribution >= 4 is 12.2 Å². The summed E-state index contributed by atoms with van der Waals surface area (Å²) in [6.07, 6.45) is 0.710. The molecule has 72 valence electrons. The van der Waals surface area contributed by atoms with Crippen molar-refractivity contribution in [3.05, 3.63) is 5.82 Å². The highest BCUT2D eigenvalue weighted by atomic mass is 16.1. The zero-order chi connectivity index (χ0) is 9.84. The van der Waals surface area contributed by atoms with Crippen molar-refractivity contribution in [2.75, 3.05) is 5.32 Å². The Balaban J connectivity index is 2.93. The van der Waals surface area contributed by atoms with Gasteiger partial charge in [-0.3, -0.25) is 9.36 Å². The molecule has 13 heavy (non-hydrogen) atoms. The van der Waals surface area contributed by atoms with Crippen LogP contribution in [0.3, 0.4) is 0 Å². The third-order valence-electron chi connectivity index (χ3n) is 1.62. The minimum absolute atomic E-state index is 0.286. The first-order valence-corrected chi connectivity index (χ1v) is 4.34. The van der Waals surface area contributed by atoms with Crippen LogP contribution < -0.4 is 5.32 Å². The topological polar surface area (TPSA) is 59.8 Å². The predicted octanol–water partition coefficient (Wildman–Crippen LogP) is 0.931. The number of carbonyl (C=O) groups excluding carboxylic acids is 1. The second-order valence-electron chi connectivity index (χ2n) is 3.04. The molecule has 1 aromatic rings. The average Bonchev–Trinajstić information content (AvgIpc) is 2.45. The number of rotatable bonds is 4. The van der Waals surface area contributed by atoms with Crippen molar-refractivity contribution in [3.63, 3.8) is 0 Å². The first-order chi connectivity index (χ1) is 6.19. The molecule has 0 aliphatic carbocycles. The maximum atomic E-state index is 10.5. The molecule has 5 heteroatoms. The number of hydrogen-bond donors (Lipinski definition) is 1. The maximum Gasteiger partial charge on any atom is 0.225 e. The van der Waals surface area contributed by atoms with E-state index >= 15 is 0 Å². The minimum Gasteiger partial charge on any atom is -0.352 e. The SMILES string of the molecule is CCn1c(C=O)nnc1NC(C)C. The average molecular weight is 182 g/mol. The number of hydrogen-bond acceptors (Lipinski definition) is 4. The first kappa shape index (κ1) is 9.70. The Morgan fingerprint density at radius 2 is 2.23 bits per heavy atom. The van der Waals surface area contributed by atoms with Gasteiger partial charge in [-0.2, -0.15) is 0 Å². The monoisotopic (exact) mass is 182 g/mol. The lowest BCUT2D eigenvalue weighted by Gasteiger charge is -2.09. The summed E-state index contributed by atoms with van der Waals surface area (Å²) in [5, 5.41) is 10.7. The number of aromatic nitrogens is 3. The fourth-order valence-electron chi connectivity index (χ4n) is 1.08. The second kappa shape index (κ2) is 4.02. The third-order valence-corrected chi connectivity index (χ3v) is 1.62. The zero-order valence-electron chi connectivity index (χ0n) is 8.11. The number of aldehydes is 1. The van der Waals surface area contributed by atoms with Crippen LogP contribution in [-0.2, 0) is 6.54 Å². The quantitative estimate of drug-likeness (QED) is 0.704. The van der Waals surface area contributed by atoms with Crippen molar-refractivity contribution in [3.8, 4) is 0 Å². The van der Waals surface area contributed by atoms with Crippen LogP contribution in [0.15, 0.2) is 0 Å². The zero-order valence-corrected chi connectivity index (χ0v) is 8.11. The van der Waals surface area contributed by atoms with Crippen LogP contribution >= 0.6 is 0 Å². The lowest BCUT2D eigenvalue weighted by atomic mass is 10.4. The maximum absolute atomic E-state index is 10.5. The number of nitrogens with one attached hydrogen (secondary N) is 1. The van der Waals surface area contributed by atoms with Crippen molar-refractivity contribution in [2.24, 2.45) is 0 Å². The number of anilines is 1. The van der Waals surface area contributed by atoms with Crippen LogP contribution in [0, 0.1) is 0 Å². The smallest absolute Gasteiger partial charge is 0.225 e. The van der Waals surface area contributed by atoms with Crippen LogP contribution in [0.25, 0.3) is 0 Å². The molecule has 0 radical (unpaired) electrons.